The molecular formula is C34H32O4. The van der Waals surface area contributed by atoms with E-state index in [4.69, 9.17) is 9.47 Å². The Morgan fingerprint density at radius 1 is 0.632 bits per heavy atom. The van der Waals surface area contributed by atoms with Crippen LogP contribution in [0.1, 0.15) is 74.0 Å². The van der Waals surface area contributed by atoms with Gasteiger partial charge in [0.25, 0.3) is 0 Å². The predicted molar refractivity (Wildman–Crippen MR) is 147 cm³/mol. The van der Waals surface area contributed by atoms with E-state index in [1.165, 1.54) is 0 Å². The highest BCUT2D eigenvalue weighted by molar-refractivity contribution is 6.06. The van der Waals surface area contributed by atoms with Gasteiger partial charge < -0.3 is 9.47 Å². The average molecular weight is 505 g/mol. The van der Waals surface area contributed by atoms with Crippen molar-refractivity contribution in [2.75, 3.05) is 0 Å². The van der Waals surface area contributed by atoms with Gasteiger partial charge in [-0.2, -0.15) is 0 Å². The molecule has 0 saturated carbocycles. The second-order valence-corrected chi connectivity index (χ2v) is 10.8. The maximum Gasteiger partial charge on any atom is 0.163 e. The molecule has 3 aromatic carbocycles. The van der Waals surface area contributed by atoms with Crippen molar-refractivity contribution in [3.05, 3.63) is 124 Å². The molecule has 0 spiro atoms. The van der Waals surface area contributed by atoms with Gasteiger partial charge in [0.1, 0.15) is 17.3 Å². The molecule has 38 heavy (non-hydrogen) atoms. The molecule has 192 valence electrons. The summed E-state index contributed by atoms with van der Waals surface area (Å²) in [5, 5.41) is 0. The Kier molecular flexibility index (Phi) is 6.49. The smallest absolute Gasteiger partial charge is 0.163 e. The third kappa shape index (κ3) is 4.60. The summed E-state index contributed by atoms with van der Waals surface area (Å²) < 4.78 is 12.4. The zero-order valence-corrected chi connectivity index (χ0v) is 21.9. The number of hydrogen-bond acceptors (Lipinski definition) is 4. The molecule has 4 nitrogen and oxygen atoms in total. The zero-order chi connectivity index (χ0) is 26.2. The summed E-state index contributed by atoms with van der Waals surface area (Å²) >= 11 is 0. The van der Waals surface area contributed by atoms with Crippen molar-refractivity contribution in [3.63, 3.8) is 0 Å². The van der Waals surface area contributed by atoms with Gasteiger partial charge in [-0.15, -0.1) is 0 Å². The van der Waals surface area contributed by atoms with Gasteiger partial charge in [0, 0.05) is 42.7 Å². The fraction of sp³-hybridized carbons (Fsp3) is 0.294. The Morgan fingerprint density at radius 3 is 1.55 bits per heavy atom. The minimum Gasteiger partial charge on any atom is -0.491 e. The molecule has 2 aliphatic carbocycles. The molecule has 0 bridgehead atoms. The number of ketones is 2. The van der Waals surface area contributed by atoms with Gasteiger partial charge >= 0.3 is 0 Å². The monoisotopic (exact) mass is 504 g/mol. The normalized spacial score (nSPS) is 21.8. The van der Waals surface area contributed by atoms with Crippen molar-refractivity contribution in [3.8, 4) is 5.75 Å². The first-order valence-electron chi connectivity index (χ1n) is 13.5. The molecule has 4 heteroatoms. The van der Waals surface area contributed by atoms with Crippen molar-refractivity contribution in [1.29, 1.82) is 0 Å². The van der Waals surface area contributed by atoms with Gasteiger partial charge in [0.15, 0.2) is 11.6 Å². The fourth-order valence-corrected chi connectivity index (χ4v) is 6.19. The number of benzene rings is 3. The average Bonchev–Trinajstić information content (AvgIpc) is 2.93. The maximum absolute atomic E-state index is 13.8. The maximum atomic E-state index is 13.8. The van der Waals surface area contributed by atoms with Crippen molar-refractivity contribution in [2.24, 2.45) is 0 Å². The van der Waals surface area contributed by atoms with E-state index in [9.17, 15) is 9.59 Å². The molecule has 1 aliphatic heterocycles. The molecule has 0 unspecified atom stereocenters. The van der Waals surface area contributed by atoms with E-state index in [2.05, 4.69) is 24.3 Å². The summed E-state index contributed by atoms with van der Waals surface area (Å²) in [6.45, 7) is 3.99. The summed E-state index contributed by atoms with van der Waals surface area (Å²) in [7, 11) is 0. The topological polar surface area (TPSA) is 52.6 Å². The van der Waals surface area contributed by atoms with E-state index in [0.717, 1.165) is 34.0 Å². The molecule has 0 radical (unpaired) electrons. The van der Waals surface area contributed by atoms with Crippen LogP contribution in [0.4, 0.5) is 0 Å². The van der Waals surface area contributed by atoms with Gasteiger partial charge in [-0.05, 0) is 54.5 Å². The Bertz CT molecular complexity index is 1330. The highest BCUT2D eigenvalue weighted by Crippen LogP contribution is 2.52. The van der Waals surface area contributed by atoms with Crippen LogP contribution in [0.2, 0.25) is 0 Å². The zero-order valence-electron chi connectivity index (χ0n) is 21.9. The van der Waals surface area contributed by atoms with Gasteiger partial charge in [-0.3, -0.25) is 9.59 Å². The molecule has 2 atom stereocenters. The number of hydrogen-bond donors (Lipinski definition) is 0. The molecule has 0 fully saturated rings. The minimum absolute atomic E-state index is 0.0660. The lowest BCUT2D eigenvalue weighted by molar-refractivity contribution is -0.118. The standard InChI is InChI=1S/C34H32O4/c1-21(2)37-27-15-13-24(14-16-27)32-33-28(35)17-25(22-9-5-3-6-10-22)19-30(33)38-31-20-26(18-29(36)34(31)32)23-11-7-4-8-12-23/h3-16,21,25-26,32H,17-20H2,1-2H3/t25-,26-/m1/s1. The summed E-state index contributed by atoms with van der Waals surface area (Å²) in [5.41, 5.74) is 4.52. The van der Waals surface area contributed by atoms with Crippen LogP contribution in [-0.2, 0) is 14.3 Å². The molecular weight excluding hydrogens is 472 g/mol. The predicted octanol–water partition coefficient (Wildman–Crippen LogP) is 7.39. The highest BCUT2D eigenvalue weighted by Gasteiger charge is 2.45. The van der Waals surface area contributed by atoms with E-state index in [1.54, 1.807) is 0 Å². The van der Waals surface area contributed by atoms with E-state index in [-0.39, 0.29) is 29.5 Å². The van der Waals surface area contributed by atoms with Crippen LogP contribution in [0.15, 0.2) is 108 Å². The van der Waals surface area contributed by atoms with Crippen molar-refractivity contribution in [2.45, 2.75) is 63.4 Å². The lowest BCUT2D eigenvalue weighted by Crippen LogP contribution is -2.33. The van der Waals surface area contributed by atoms with E-state index in [1.807, 2.05) is 74.5 Å². The Labute approximate surface area is 224 Å². The molecule has 0 amide bonds. The van der Waals surface area contributed by atoms with Crippen LogP contribution in [0, 0.1) is 0 Å². The number of allylic oxidation sites excluding steroid dienone is 4. The summed E-state index contributed by atoms with van der Waals surface area (Å²) in [6, 6.07) is 28.2. The second-order valence-electron chi connectivity index (χ2n) is 10.8. The molecule has 0 saturated heterocycles. The first-order chi connectivity index (χ1) is 18.5. The van der Waals surface area contributed by atoms with Crippen LogP contribution in [0.3, 0.4) is 0 Å². The Morgan fingerprint density at radius 2 is 1.11 bits per heavy atom. The first kappa shape index (κ1) is 24.4. The lowest BCUT2D eigenvalue weighted by atomic mass is 9.69. The van der Waals surface area contributed by atoms with Crippen molar-refractivity contribution in [1.82, 2.24) is 0 Å². The Balaban J connectivity index is 1.42. The summed E-state index contributed by atoms with van der Waals surface area (Å²) in [5.74, 6) is 2.08. The summed E-state index contributed by atoms with van der Waals surface area (Å²) in [4.78, 5) is 27.6. The van der Waals surface area contributed by atoms with Gasteiger partial charge in [0.05, 0.1) is 6.10 Å². The minimum atomic E-state index is -0.407. The molecule has 0 aromatic heterocycles. The van der Waals surface area contributed by atoms with Crippen LogP contribution in [-0.4, -0.2) is 17.7 Å². The molecule has 3 aromatic rings. The second kappa shape index (κ2) is 10.1. The molecule has 0 N–H and O–H groups in total. The van der Waals surface area contributed by atoms with Gasteiger partial charge in [0.2, 0.25) is 0 Å². The number of carbonyl (C=O) groups is 2. The molecule has 1 heterocycles. The van der Waals surface area contributed by atoms with Crippen LogP contribution in [0.5, 0.6) is 5.75 Å². The third-order valence-electron chi connectivity index (χ3n) is 7.88. The number of carbonyl (C=O) groups excluding carboxylic acids is 2. The number of Topliss-reactive ketones (excluding diaryl/α,β-unsaturated/α-hetero) is 2. The third-order valence-corrected chi connectivity index (χ3v) is 7.88. The van der Waals surface area contributed by atoms with Crippen molar-refractivity contribution >= 4 is 11.6 Å². The van der Waals surface area contributed by atoms with Gasteiger partial charge in [-0.25, -0.2) is 0 Å². The van der Waals surface area contributed by atoms with E-state index < -0.39 is 5.92 Å². The van der Waals surface area contributed by atoms with Gasteiger partial charge in [-0.1, -0.05) is 72.8 Å². The molecule has 6 rings (SSSR count). The van der Waals surface area contributed by atoms with Crippen molar-refractivity contribution < 1.29 is 19.1 Å². The van der Waals surface area contributed by atoms with Crippen LogP contribution >= 0.6 is 0 Å². The lowest BCUT2D eigenvalue weighted by Gasteiger charge is -2.39. The Hall–Kier alpha value is -3.92. The van der Waals surface area contributed by atoms with Crippen LogP contribution < -0.4 is 4.74 Å². The van der Waals surface area contributed by atoms with E-state index in [0.29, 0.717) is 36.8 Å². The van der Waals surface area contributed by atoms with E-state index >= 15 is 0 Å². The molecule has 3 aliphatic rings. The highest BCUT2D eigenvalue weighted by atomic mass is 16.5. The largest absolute Gasteiger partial charge is 0.491 e. The number of rotatable bonds is 5. The fourth-order valence-electron chi connectivity index (χ4n) is 6.19. The first-order valence-corrected chi connectivity index (χ1v) is 13.5. The summed E-state index contributed by atoms with van der Waals surface area (Å²) in [6.07, 6.45) is 2.20. The number of ether oxygens (including phenoxy) is 2. The SMILES string of the molecule is CC(C)Oc1ccc(C2C3=C(C[C@H](c4ccccc4)CC3=O)OC3=C2C(=O)C[C@@H](c2ccccc2)C3)cc1. The van der Waals surface area contributed by atoms with Crippen LogP contribution in [0.25, 0.3) is 0 Å². The quantitative estimate of drug-likeness (QED) is 0.364.